The highest BCUT2D eigenvalue weighted by Gasteiger charge is 2.39. The topological polar surface area (TPSA) is 80.4 Å². The Morgan fingerprint density at radius 2 is 2.23 bits per heavy atom. The Kier molecular flexibility index (Phi) is 3.99. The van der Waals surface area contributed by atoms with Crippen LogP contribution in [-0.4, -0.2) is 34.0 Å². The fourth-order valence-corrected chi connectivity index (χ4v) is 2.44. The molecule has 2 aromatic heterocycles. The molecule has 0 saturated carbocycles. The minimum Gasteiger partial charge on any atom is -0.382 e. The lowest BCUT2D eigenvalue weighted by atomic mass is 9.90. The van der Waals surface area contributed by atoms with Crippen LogP contribution in [0.25, 0.3) is 0 Å². The van der Waals surface area contributed by atoms with E-state index in [1.165, 1.54) is 0 Å². The summed E-state index contributed by atoms with van der Waals surface area (Å²) in [5.41, 5.74) is 0.798. The first-order chi connectivity index (χ1) is 10.5. The maximum absolute atomic E-state index is 9.94. The van der Waals surface area contributed by atoms with E-state index in [0.29, 0.717) is 25.4 Å². The lowest BCUT2D eigenvalue weighted by molar-refractivity contribution is -0.0755. The van der Waals surface area contributed by atoms with Crippen molar-refractivity contribution in [2.45, 2.75) is 38.0 Å². The molecule has 22 heavy (non-hydrogen) atoms. The molecular formula is C16H21N3O3. The van der Waals surface area contributed by atoms with Gasteiger partial charge in [0.15, 0.2) is 5.76 Å². The quantitative estimate of drug-likeness (QED) is 0.839. The van der Waals surface area contributed by atoms with Crippen LogP contribution < -0.4 is 5.32 Å². The van der Waals surface area contributed by atoms with E-state index in [4.69, 9.17) is 9.26 Å². The minimum atomic E-state index is -1.02. The molecule has 0 amide bonds. The number of rotatable bonds is 6. The van der Waals surface area contributed by atoms with Crippen molar-refractivity contribution in [1.82, 2.24) is 15.5 Å². The van der Waals surface area contributed by atoms with Gasteiger partial charge in [0.25, 0.3) is 0 Å². The lowest BCUT2D eigenvalue weighted by Gasteiger charge is -2.42. The number of hydrogen-bond acceptors (Lipinski definition) is 6. The Hall–Kier alpha value is -1.76. The largest absolute Gasteiger partial charge is 0.382 e. The van der Waals surface area contributed by atoms with Gasteiger partial charge >= 0.3 is 0 Å². The SMILES string of the molecule is CC(C)(O)c1cc(CC2(NCc3cccnc3)COC2)no1. The highest BCUT2D eigenvalue weighted by atomic mass is 16.5. The average Bonchev–Trinajstić information content (AvgIpc) is 2.91. The first-order valence-corrected chi connectivity index (χ1v) is 7.37. The molecule has 2 N–H and O–H groups in total. The third kappa shape index (κ3) is 3.35. The first-order valence-electron chi connectivity index (χ1n) is 7.37. The standard InChI is InChI=1S/C16H21N3O3/c1-15(2,20)14-6-13(19-22-14)7-16(10-21-11-16)18-9-12-4-3-5-17-8-12/h3-6,8,18,20H,7,9-11H2,1-2H3. The molecule has 118 valence electrons. The third-order valence-electron chi connectivity index (χ3n) is 3.83. The molecule has 0 bridgehead atoms. The maximum atomic E-state index is 9.94. The zero-order chi connectivity index (χ0) is 15.6. The van der Waals surface area contributed by atoms with Crippen molar-refractivity contribution in [3.63, 3.8) is 0 Å². The molecule has 6 heteroatoms. The second-order valence-corrected chi connectivity index (χ2v) is 6.41. The van der Waals surface area contributed by atoms with Gasteiger partial charge in [-0.25, -0.2) is 0 Å². The summed E-state index contributed by atoms with van der Waals surface area (Å²) < 4.78 is 10.6. The second kappa shape index (κ2) is 5.79. The van der Waals surface area contributed by atoms with Crippen LogP contribution in [0.5, 0.6) is 0 Å². The number of pyridine rings is 1. The van der Waals surface area contributed by atoms with E-state index in [1.54, 1.807) is 20.0 Å². The van der Waals surface area contributed by atoms with Crippen LogP contribution in [0.15, 0.2) is 35.1 Å². The number of hydrogen-bond donors (Lipinski definition) is 2. The fraction of sp³-hybridized carbons (Fsp3) is 0.500. The summed E-state index contributed by atoms with van der Waals surface area (Å²) in [6, 6.07) is 5.77. The molecule has 2 aromatic rings. The molecule has 0 atom stereocenters. The second-order valence-electron chi connectivity index (χ2n) is 6.41. The van der Waals surface area contributed by atoms with Gasteiger partial charge in [-0.15, -0.1) is 0 Å². The third-order valence-corrected chi connectivity index (χ3v) is 3.83. The van der Waals surface area contributed by atoms with Crippen molar-refractivity contribution in [2.75, 3.05) is 13.2 Å². The monoisotopic (exact) mass is 303 g/mol. The summed E-state index contributed by atoms with van der Waals surface area (Å²) in [5, 5.41) is 17.5. The van der Waals surface area contributed by atoms with Crippen LogP contribution in [-0.2, 0) is 23.3 Å². The van der Waals surface area contributed by atoms with Gasteiger partial charge in [0.05, 0.1) is 24.4 Å². The van der Waals surface area contributed by atoms with E-state index in [2.05, 4.69) is 15.5 Å². The zero-order valence-corrected chi connectivity index (χ0v) is 12.9. The predicted octanol–water partition coefficient (Wildman–Crippen LogP) is 1.40. The molecule has 0 aromatic carbocycles. The summed E-state index contributed by atoms with van der Waals surface area (Å²) in [6.07, 6.45) is 4.31. The van der Waals surface area contributed by atoms with Crippen molar-refractivity contribution >= 4 is 0 Å². The average molecular weight is 303 g/mol. The molecule has 0 radical (unpaired) electrons. The minimum absolute atomic E-state index is 0.135. The Morgan fingerprint density at radius 1 is 1.41 bits per heavy atom. The van der Waals surface area contributed by atoms with Gasteiger partial charge in [0.1, 0.15) is 5.60 Å². The molecule has 0 aliphatic carbocycles. The van der Waals surface area contributed by atoms with Gasteiger partial charge in [-0.3, -0.25) is 4.98 Å². The fourth-order valence-electron chi connectivity index (χ4n) is 2.44. The Balaban J connectivity index is 1.65. The van der Waals surface area contributed by atoms with Gasteiger partial charge in [-0.05, 0) is 25.5 Å². The summed E-state index contributed by atoms with van der Waals surface area (Å²) in [7, 11) is 0. The van der Waals surface area contributed by atoms with Gasteiger partial charge in [0, 0.05) is 31.4 Å². The van der Waals surface area contributed by atoms with Crippen molar-refractivity contribution in [1.29, 1.82) is 0 Å². The van der Waals surface area contributed by atoms with Crippen LogP contribution in [0.3, 0.4) is 0 Å². The normalized spacial score (nSPS) is 17.2. The number of aromatic nitrogens is 2. The molecule has 3 rings (SSSR count). The van der Waals surface area contributed by atoms with Crippen LogP contribution in [0.4, 0.5) is 0 Å². The van der Waals surface area contributed by atoms with Crippen LogP contribution >= 0.6 is 0 Å². The molecule has 1 fully saturated rings. The summed E-state index contributed by atoms with van der Waals surface area (Å²) in [5.74, 6) is 0.477. The number of nitrogens with zero attached hydrogens (tertiary/aromatic N) is 2. The highest BCUT2D eigenvalue weighted by Crippen LogP contribution is 2.26. The van der Waals surface area contributed by atoms with E-state index in [1.807, 2.05) is 24.4 Å². The van der Waals surface area contributed by atoms with Gasteiger partial charge in [-0.2, -0.15) is 0 Å². The van der Waals surface area contributed by atoms with Crippen LogP contribution in [0.1, 0.15) is 30.9 Å². The molecular weight excluding hydrogens is 282 g/mol. The predicted molar refractivity (Wildman–Crippen MR) is 80.1 cm³/mol. The molecule has 1 aliphatic heterocycles. The number of nitrogens with one attached hydrogen (secondary N) is 1. The van der Waals surface area contributed by atoms with Crippen LogP contribution in [0.2, 0.25) is 0 Å². The van der Waals surface area contributed by atoms with Crippen molar-refractivity contribution < 1.29 is 14.4 Å². The Labute approximate surface area is 129 Å². The first kappa shape index (κ1) is 15.1. The number of aliphatic hydroxyl groups is 1. The molecule has 1 aliphatic rings. The molecule has 3 heterocycles. The van der Waals surface area contributed by atoms with Gasteiger partial charge < -0.3 is 19.7 Å². The molecule has 6 nitrogen and oxygen atoms in total. The highest BCUT2D eigenvalue weighted by molar-refractivity contribution is 5.16. The van der Waals surface area contributed by atoms with E-state index in [9.17, 15) is 5.11 Å². The van der Waals surface area contributed by atoms with Gasteiger partial charge in [-0.1, -0.05) is 11.2 Å². The maximum Gasteiger partial charge on any atom is 0.167 e. The number of ether oxygens (including phenoxy) is 1. The van der Waals surface area contributed by atoms with E-state index < -0.39 is 5.60 Å². The Morgan fingerprint density at radius 3 is 2.77 bits per heavy atom. The van der Waals surface area contributed by atoms with Crippen molar-refractivity contribution in [2.24, 2.45) is 0 Å². The summed E-state index contributed by atoms with van der Waals surface area (Å²) in [6.45, 7) is 5.36. The lowest BCUT2D eigenvalue weighted by Crippen LogP contribution is -2.61. The summed E-state index contributed by atoms with van der Waals surface area (Å²) in [4.78, 5) is 4.12. The molecule has 1 saturated heterocycles. The van der Waals surface area contributed by atoms with Crippen molar-refractivity contribution in [3.05, 3.63) is 47.6 Å². The van der Waals surface area contributed by atoms with E-state index >= 15 is 0 Å². The van der Waals surface area contributed by atoms with E-state index in [0.717, 1.165) is 17.8 Å². The zero-order valence-electron chi connectivity index (χ0n) is 12.9. The summed E-state index contributed by atoms with van der Waals surface area (Å²) >= 11 is 0. The van der Waals surface area contributed by atoms with Gasteiger partial charge in [0.2, 0.25) is 0 Å². The van der Waals surface area contributed by atoms with Crippen molar-refractivity contribution in [3.8, 4) is 0 Å². The molecule has 0 spiro atoms. The Bertz CT molecular complexity index is 615. The van der Waals surface area contributed by atoms with Crippen LogP contribution in [0, 0.1) is 0 Å². The molecule has 0 unspecified atom stereocenters. The smallest absolute Gasteiger partial charge is 0.167 e. The van der Waals surface area contributed by atoms with E-state index in [-0.39, 0.29) is 5.54 Å².